The second-order valence-electron chi connectivity index (χ2n) is 3.79. The Morgan fingerprint density at radius 2 is 2.11 bits per heavy atom. The third kappa shape index (κ3) is 2.45. The topological polar surface area (TPSA) is 66.9 Å². The van der Waals surface area contributed by atoms with Gasteiger partial charge in [-0.25, -0.2) is 4.98 Å². The molecule has 0 atom stereocenters. The quantitative estimate of drug-likeness (QED) is 0.864. The minimum Gasteiger partial charge on any atom is -0.386 e. The van der Waals surface area contributed by atoms with Gasteiger partial charge in [0.2, 0.25) is 0 Å². The molecule has 0 aliphatic heterocycles. The molecule has 2 heterocycles. The first kappa shape index (κ1) is 12.0. The summed E-state index contributed by atoms with van der Waals surface area (Å²) >= 11 is 0. The lowest BCUT2D eigenvalue weighted by atomic mass is 10.2. The zero-order valence-corrected chi connectivity index (χ0v) is 10.3. The molecular formula is C13H14N4O. The third-order valence-corrected chi connectivity index (χ3v) is 2.58. The van der Waals surface area contributed by atoms with Gasteiger partial charge >= 0.3 is 0 Å². The van der Waals surface area contributed by atoms with Crippen LogP contribution >= 0.6 is 0 Å². The van der Waals surface area contributed by atoms with Gasteiger partial charge in [0.05, 0.1) is 17.4 Å². The standard InChI is InChI=1S/C13H14N4O/c1-9-4-3-6-16-12(9)17-13(18)10-5-7-15-8-11(10)14-2/h3-8,14H,1-2H3,(H,16,17,18). The fraction of sp³-hybridized carbons (Fsp3) is 0.154. The minimum absolute atomic E-state index is 0.205. The van der Waals surface area contributed by atoms with E-state index in [0.717, 1.165) is 5.56 Å². The molecule has 92 valence electrons. The summed E-state index contributed by atoms with van der Waals surface area (Å²) in [6.45, 7) is 1.90. The first-order chi connectivity index (χ1) is 8.72. The number of hydrogen-bond donors (Lipinski definition) is 2. The van der Waals surface area contributed by atoms with Gasteiger partial charge in [-0.1, -0.05) is 6.07 Å². The van der Waals surface area contributed by atoms with E-state index in [-0.39, 0.29) is 5.91 Å². The Hall–Kier alpha value is -2.43. The van der Waals surface area contributed by atoms with E-state index in [9.17, 15) is 4.79 Å². The van der Waals surface area contributed by atoms with E-state index < -0.39 is 0 Å². The number of carbonyl (C=O) groups is 1. The summed E-state index contributed by atoms with van der Waals surface area (Å²) in [6.07, 6.45) is 4.84. The molecule has 5 nitrogen and oxygen atoms in total. The Morgan fingerprint density at radius 1 is 1.28 bits per heavy atom. The maximum Gasteiger partial charge on any atom is 0.259 e. The maximum absolute atomic E-state index is 12.1. The van der Waals surface area contributed by atoms with E-state index in [1.165, 1.54) is 0 Å². The second-order valence-corrected chi connectivity index (χ2v) is 3.79. The molecule has 5 heteroatoms. The summed E-state index contributed by atoms with van der Waals surface area (Å²) in [5.41, 5.74) is 2.15. The first-order valence-electron chi connectivity index (χ1n) is 5.57. The molecule has 0 bridgehead atoms. The fourth-order valence-electron chi connectivity index (χ4n) is 1.58. The van der Waals surface area contributed by atoms with Crippen LogP contribution in [0.15, 0.2) is 36.8 Å². The molecule has 2 aromatic rings. The minimum atomic E-state index is -0.205. The molecule has 1 amide bonds. The summed E-state index contributed by atoms with van der Waals surface area (Å²) in [6, 6.07) is 5.39. The van der Waals surface area contributed by atoms with Crippen LogP contribution in [0.5, 0.6) is 0 Å². The van der Waals surface area contributed by atoms with Crippen molar-refractivity contribution in [3.05, 3.63) is 47.9 Å². The number of nitrogens with one attached hydrogen (secondary N) is 2. The number of pyridine rings is 2. The molecule has 18 heavy (non-hydrogen) atoms. The number of anilines is 2. The Bertz CT molecular complexity index is 568. The van der Waals surface area contributed by atoms with Gasteiger partial charge in [-0.05, 0) is 24.6 Å². The van der Waals surface area contributed by atoms with Gasteiger partial charge in [-0.3, -0.25) is 9.78 Å². The number of carbonyl (C=O) groups excluding carboxylic acids is 1. The first-order valence-corrected chi connectivity index (χ1v) is 5.57. The highest BCUT2D eigenvalue weighted by Crippen LogP contribution is 2.16. The zero-order chi connectivity index (χ0) is 13.0. The summed E-state index contributed by atoms with van der Waals surface area (Å²) in [5.74, 6) is 0.366. The Morgan fingerprint density at radius 3 is 2.83 bits per heavy atom. The summed E-state index contributed by atoms with van der Waals surface area (Å²) < 4.78 is 0. The zero-order valence-electron chi connectivity index (χ0n) is 10.3. The van der Waals surface area contributed by atoms with Gasteiger partial charge in [-0.15, -0.1) is 0 Å². The summed E-state index contributed by atoms with van der Waals surface area (Å²) in [4.78, 5) is 20.2. The van der Waals surface area contributed by atoms with Gasteiger partial charge in [0.25, 0.3) is 5.91 Å². The van der Waals surface area contributed by atoms with Gasteiger partial charge in [-0.2, -0.15) is 0 Å². The van der Waals surface area contributed by atoms with Crippen LogP contribution in [-0.2, 0) is 0 Å². The van der Waals surface area contributed by atoms with E-state index in [2.05, 4.69) is 20.6 Å². The molecule has 0 spiro atoms. The van der Waals surface area contributed by atoms with Crippen molar-refractivity contribution in [2.45, 2.75) is 6.92 Å². The van der Waals surface area contributed by atoms with Crippen LogP contribution in [0.2, 0.25) is 0 Å². The summed E-state index contributed by atoms with van der Waals surface area (Å²) in [7, 11) is 1.75. The van der Waals surface area contributed by atoms with E-state index in [1.54, 1.807) is 31.7 Å². The molecular weight excluding hydrogens is 228 g/mol. The fourth-order valence-corrected chi connectivity index (χ4v) is 1.58. The van der Waals surface area contributed by atoms with Gasteiger partial charge in [0, 0.05) is 19.4 Å². The van der Waals surface area contributed by atoms with Gasteiger partial charge in [0.1, 0.15) is 5.82 Å². The highest BCUT2D eigenvalue weighted by molar-refractivity contribution is 6.07. The van der Waals surface area contributed by atoms with E-state index in [4.69, 9.17) is 0 Å². The van der Waals surface area contributed by atoms with Crippen molar-refractivity contribution in [2.24, 2.45) is 0 Å². The average molecular weight is 242 g/mol. The lowest BCUT2D eigenvalue weighted by Gasteiger charge is -2.09. The predicted molar refractivity (Wildman–Crippen MR) is 70.7 cm³/mol. The van der Waals surface area contributed by atoms with Gasteiger partial charge < -0.3 is 10.6 Å². The predicted octanol–water partition coefficient (Wildman–Crippen LogP) is 2.08. The third-order valence-electron chi connectivity index (χ3n) is 2.58. The average Bonchev–Trinajstić information content (AvgIpc) is 2.41. The van der Waals surface area contributed by atoms with E-state index in [0.29, 0.717) is 17.1 Å². The van der Waals surface area contributed by atoms with Crippen molar-refractivity contribution in [1.82, 2.24) is 9.97 Å². The van der Waals surface area contributed by atoms with Crippen LogP contribution in [-0.4, -0.2) is 22.9 Å². The summed E-state index contributed by atoms with van der Waals surface area (Å²) in [5, 5.41) is 5.72. The molecule has 0 aliphatic rings. The number of aromatic nitrogens is 2. The normalized spacial score (nSPS) is 9.89. The van der Waals surface area contributed by atoms with Crippen LogP contribution in [0.4, 0.5) is 11.5 Å². The number of aryl methyl sites for hydroxylation is 1. The van der Waals surface area contributed by atoms with Crippen LogP contribution < -0.4 is 10.6 Å². The van der Waals surface area contributed by atoms with Gasteiger partial charge in [0.15, 0.2) is 0 Å². The molecule has 0 unspecified atom stereocenters. The lowest BCUT2D eigenvalue weighted by Crippen LogP contribution is -2.15. The highest BCUT2D eigenvalue weighted by atomic mass is 16.1. The SMILES string of the molecule is CNc1cnccc1C(=O)Nc1ncccc1C. The van der Waals surface area contributed by atoms with Crippen LogP contribution in [0, 0.1) is 6.92 Å². The van der Waals surface area contributed by atoms with E-state index >= 15 is 0 Å². The van der Waals surface area contributed by atoms with Crippen molar-refractivity contribution in [3.63, 3.8) is 0 Å². The van der Waals surface area contributed by atoms with E-state index in [1.807, 2.05) is 19.1 Å². The number of nitrogens with zero attached hydrogens (tertiary/aromatic N) is 2. The number of rotatable bonds is 3. The van der Waals surface area contributed by atoms with Crippen LogP contribution in [0.3, 0.4) is 0 Å². The second kappa shape index (κ2) is 5.27. The Balaban J connectivity index is 2.25. The van der Waals surface area contributed by atoms with Crippen molar-refractivity contribution in [1.29, 1.82) is 0 Å². The van der Waals surface area contributed by atoms with Crippen molar-refractivity contribution >= 4 is 17.4 Å². The monoisotopic (exact) mass is 242 g/mol. The van der Waals surface area contributed by atoms with Crippen LogP contribution in [0.25, 0.3) is 0 Å². The molecule has 0 saturated heterocycles. The maximum atomic E-state index is 12.1. The molecule has 0 radical (unpaired) electrons. The highest BCUT2D eigenvalue weighted by Gasteiger charge is 2.12. The molecule has 2 rings (SSSR count). The number of hydrogen-bond acceptors (Lipinski definition) is 4. The molecule has 2 N–H and O–H groups in total. The molecule has 2 aromatic heterocycles. The molecule has 0 fully saturated rings. The largest absolute Gasteiger partial charge is 0.386 e. The Kier molecular flexibility index (Phi) is 3.52. The molecule has 0 aromatic carbocycles. The number of amides is 1. The lowest BCUT2D eigenvalue weighted by molar-refractivity contribution is 0.102. The van der Waals surface area contributed by atoms with Crippen molar-refractivity contribution in [3.8, 4) is 0 Å². The van der Waals surface area contributed by atoms with Crippen molar-refractivity contribution < 1.29 is 4.79 Å². The van der Waals surface area contributed by atoms with Crippen molar-refractivity contribution in [2.75, 3.05) is 17.7 Å². The Labute approximate surface area is 105 Å². The smallest absolute Gasteiger partial charge is 0.259 e. The molecule has 0 saturated carbocycles. The van der Waals surface area contributed by atoms with Crippen LogP contribution in [0.1, 0.15) is 15.9 Å². The molecule has 0 aliphatic carbocycles.